The van der Waals surface area contributed by atoms with Gasteiger partial charge in [-0.1, -0.05) is 29.8 Å². The van der Waals surface area contributed by atoms with Crippen LogP contribution in [0.1, 0.15) is 28.0 Å². The van der Waals surface area contributed by atoms with Crippen molar-refractivity contribution in [3.63, 3.8) is 0 Å². The van der Waals surface area contributed by atoms with Gasteiger partial charge in [0.05, 0.1) is 18.7 Å². The summed E-state index contributed by atoms with van der Waals surface area (Å²) in [5, 5.41) is 17.5. The van der Waals surface area contributed by atoms with Crippen LogP contribution in [0.5, 0.6) is 5.75 Å². The molecule has 0 saturated carbocycles. The minimum absolute atomic E-state index is 0.0250. The van der Waals surface area contributed by atoms with E-state index in [1.807, 2.05) is 0 Å². The number of fused-ring (bicyclic) bond motifs is 3. The number of aliphatic hydroxyl groups is 1. The number of nitrogens with zero attached hydrogens (tertiary/aromatic N) is 3. The number of aryl methyl sites for hydroxylation is 1. The van der Waals surface area contributed by atoms with Crippen molar-refractivity contribution in [1.29, 1.82) is 0 Å². The lowest BCUT2D eigenvalue weighted by molar-refractivity contribution is -0.134. The van der Waals surface area contributed by atoms with E-state index in [4.69, 9.17) is 16.3 Å². The van der Waals surface area contributed by atoms with Crippen molar-refractivity contribution in [3.05, 3.63) is 70.1 Å². The highest BCUT2D eigenvalue weighted by Gasteiger charge is 2.32. The smallest absolute Gasteiger partial charge is 0.390 e. The lowest BCUT2D eigenvalue weighted by Gasteiger charge is -2.26. The quantitative estimate of drug-likeness (QED) is 0.338. The molecule has 7 nitrogen and oxygen atoms in total. The number of carbonyl (C=O) groups is 1. The highest BCUT2D eigenvalue weighted by Crippen LogP contribution is 2.40. The number of amides is 1. The standard InChI is InChI=1S/C24H23ClF4N4O3/c1-32-22-16-10-15(25)6-7-19(16)36-13-17(22)21(31-32)23(35)33(11-14-4-2-3-5-18(14)26)12-20(34)30-9-8-24(27,28)29/h2-7,10,20,30,34H,8-9,11-13H2,1H3. The first-order chi connectivity index (χ1) is 17.0. The van der Waals surface area contributed by atoms with Gasteiger partial charge in [-0.15, -0.1) is 0 Å². The van der Waals surface area contributed by atoms with E-state index >= 15 is 0 Å². The molecule has 0 aliphatic carbocycles. The molecule has 0 fully saturated rings. The Morgan fingerprint density at radius 1 is 1.31 bits per heavy atom. The zero-order chi connectivity index (χ0) is 26.0. The molecule has 192 valence electrons. The normalized spacial score (nSPS) is 13.5. The molecule has 0 bridgehead atoms. The first-order valence-electron chi connectivity index (χ1n) is 11.0. The maximum Gasteiger partial charge on any atom is 0.390 e. The van der Waals surface area contributed by atoms with E-state index in [0.29, 0.717) is 27.6 Å². The van der Waals surface area contributed by atoms with E-state index in [2.05, 4.69) is 10.4 Å². The molecule has 4 rings (SSSR count). The second-order valence-corrected chi connectivity index (χ2v) is 8.78. The van der Waals surface area contributed by atoms with Gasteiger partial charge >= 0.3 is 6.18 Å². The number of hydrogen-bond donors (Lipinski definition) is 2. The van der Waals surface area contributed by atoms with Crippen LogP contribution in [0.2, 0.25) is 5.02 Å². The minimum Gasteiger partial charge on any atom is -0.488 e. The molecule has 2 aromatic carbocycles. The molecule has 1 atom stereocenters. The largest absolute Gasteiger partial charge is 0.488 e. The van der Waals surface area contributed by atoms with E-state index in [-0.39, 0.29) is 24.4 Å². The fourth-order valence-electron chi connectivity index (χ4n) is 4.03. The Hall–Kier alpha value is -3.15. The van der Waals surface area contributed by atoms with Gasteiger partial charge in [-0.3, -0.25) is 14.8 Å². The Morgan fingerprint density at radius 2 is 2.06 bits per heavy atom. The Kier molecular flexibility index (Phi) is 7.53. The molecule has 3 aromatic rings. The number of hydrogen-bond acceptors (Lipinski definition) is 5. The second kappa shape index (κ2) is 10.5. The molecule has 0 radical (unpaired) electrons. The molecule has 1 unspecified atom stereocenters. The minimum atomic E-state index is -4.40. The van der Waals surface area contributed by atoms with Crippen molar-refractivity contribution in [2.24, 2.45) is 7.05 Å². The fourth-order valence-corrected chi connectivity index (χ4v) is 4.20. The second-order valence-electron chi connectivity index (χ2n) is 8.34. The van der Waals surface area contributed by atoms with Crippen molar-refractivity contribution in [2.75, 3.05) is 13.1 Å². The lowest BCUT2D eigenvalue weighted by Crippen LogP contribution is -2.44. The zero-order valence-corrected chi connectivity index (χ0v) is 19.9. The van der Waals surface area contributed by atoms with Gasteiger partial charge in [0, 0.05) is 41.9 Å². The maximum atomic E-state index is 14.4. The van der Waals surface area contributed by atoms with Crippen LogP contribution >= 0.6 is 11.6 Å². The summed E-state index contributed by atoms with van der Waals surface area (Å²) in [4.78, 5) is 14.8. The van der Waals surface area contributed by atoms with Gasteiger partial charge in [0.15, 0.2) is 5.69 Å². The van der Waals surface area contributed by atoms with Crippen LogP contribution in [0.4, 0.5) is 17.6 Å². The summed E-state index contributed by atoms with van der Waals surface area (Å²) in [7, 11) is 1.65. The number of carbonyl (C=O) groups excluding carboxylic acids is 1. The molecule has 1 aromatic heterocycles. The highest BCUT2D eigenvalue weighted by atomic mass is 35.5. The summed E-state index contributed by atoms with van der Waals surface area (Å²) in [6.45, 7) is -1.15. The van der Waals surface area contributed by atoms with E-state index in [9.17, 15) is 27.5 Å². The van der Waals surface area contributed by atoms with Crippen molar-refractivity contribution >= 4 is 17.5 Å². The number of rotatable bonds is 8. The maximum absolute atomic E-state index is 14.4. The molecule has 36 heavy (non-hydrogen) atoms. The molecular weight excluding hydrogens is 504 g/mol. The molecule has 1 aliphatic rings. The molecular formula is C24H23ClF4N4O3. The van der Waals surface area contributed by atoms with Crippen LogP contribution in [-0.2, 0) is 20.2 Å². The SMILES string of the molecule is Cn1nc(C(=O)N(Cc2ccccc2F)CC(O)NCCC(F)(F)F)c2c1-c1cc(Cl)ccc1OC2. The van der Waals surface area contributed by atoms with Crippen molar-refractivity contribution in [2.45, 2.75) is 32.0 Å². The highest BCUT2D eigenvalue weighted by molar-refractivity contribution is 6.31. The first-order valence-corrected chi connectivity index (χ1v) is 11.4. The van der Waals surface area contributed by atoms with Gasteiger partial charge in [-0.25, -0.2) is 4.39 Å². The van der Waals surface area contributed by atoms with Crippen LogP contribution in [0, 0.1) is 5.82 Å². The Bertz CT molecular complexity index is 1260. The third kappa shape index (κ3) is 5.80. The number of benzene rings is 2. The molecule has 1 amide bonds. The molecule has 12 heteroatoms. The Balaban J connectivity index is 1.63. The van der Waals surface area contributed by atoms with Gasteiger partial charge < -0.3 is 14.7 Å². The van der Waals surface area contributed by atoms with Crippen LogP contribution in [-0.4, -0.2) is 51.2 Å². The Labute approximate surface area is 209 Å². The third-order valence-electron chi connectivity index (χ3n) is 5.70. The van der Waals surface area contributed by atoms with Gasteiger partial charge in [0.1, 0.15) is 24.4 Å². The number of halogens is 5. The molecule has 0 spiro atoms. The van der Waals surface area contributed by atoms with Gasteiger partial charge in [0.25, 0.3) is 5.91 Å². The van der Waals surface area contributed by atoms with Crippen LogP contribution in [0.3, 0.4) is 0 Å². The molecule has 1 aliphatic heterocycles. The van der Waals surface area contributed by atoms with E-state index in [1.54, 1.807) is 31.3 Å². The molecule has 2 heterocycles. The molecule has 0 saturated heterocycles. The van der Waals surface area contributed by atoms with Gasteiger partial charge in [0.2, 0.25) is 0 Å². The van der Waals surface area contributed by atoms with Crippen molar-refractivity contribution in [3.8, 4) is 17.0 Å². The average molecular weight is 527 g/mol. The van der Waals surface area contributed by atoms with Crippen molar-refractivity contribution < 1.29 is 32.2 Å². The van der Waals surface area contributed by atoms with E-state index in [0.717, 1.165) is 4.90 Å². The first kappa shape index (κ1) is 25.9. The Morgan fingerprint density at radius 3 is 2.78 bits per heavy atom. The summed E-state index contributed by atoms with van der Waals surface area (Å²) >= 11 is 6.15. The third-order valence-corrected chi connectivity index (χ3v) is 5.94. The number of alkyl halides is 3. The average Bonchev–Trinajstić information content (AvgIpc) is 3.15. The topological polar surface area (TPSA) is 79.6 Å². The fraction of sp³-hybridized carbons (Fsp3) is 0.333. The summed E-state index contributed by atoms with van der Waals surface area (Å²) in [5.41, 5.74) is 1.95. The predicted molar refractivity (Wildman–Crippen MR) is 124 cm³/mol. The summed E-state index contributed by atoms with van der Waals surface area (Å²) in [6.07, 6.45) is -7.04. The summed E-state index contributed by atoms with van der Waals surface area (Å²) in [5.74, 6) is -0.632. The van der Waals surface area contributed by atoms with Gasteiger partial charge in [-0.2, -0.15) is 18.3 Å². The summed E-state index contributed by atoms with van der Waals surface area (Å²) in [6, 6.07) is 10.9. The van der Waals surface area contributed by atoms with E-state index in [1.165, 1.54) is 22.9 Å². The zero-order valence-electron chi connectivity index (χ0n) is 19.1. The van der Waals surface area contributed by atoms with Crippen molar-refractivity contribution in [1.82, 2.24) is 20.0 Å². The predicted octanol–water partition coefficient (Wildman–Crippen LogP) is 4.27. The number of aliphatic hydroxyl groups excluding tert-OH is 1. The van der Waals surface area contributed by atoms with Crippen LogP contribution < -0.4 is 10.1 Å². The summed E-state index contributed by atoms with van der Waals surface area (Å²) < 4.78 is 59.1. The van der Waals surface area contributed by atoms with Crippen LogP contribution in [0.15, 0.2) is 42.5 Å². The van der Waals surface area contributed by atoms with Gasteiger partial charge in [-0.05, 0) is 24.3 Å². The number of nitrogens with one attached hydrogen (secondary N) is 1. The lowest BCUT2D eigenvalue weighted by atomic mass is 10.0. The number of ether oxygens (including phenoxy) is 1. The monoisotopic (exact) mass is 526 g/mol. The number of aromatic nitrogens is 2. The van der Waals surface area contributed by atoms with Crippen LogP contribution in [0.25, 0.3) is 11.3 Å². The van der Waals surface area contributed by atoms with E-state index < -0.39 is 43.6 Å². The molecule has 2 N–H and O–H groups in total.